The molecule has 1 heterocycles. The topological polar surface area (TPSA) is 49.8 Å². The number of aromatic hydroxyl groups is 1. The predicted octanol–water partition coefficient (Wildman–Crippen LogP) is 3.26. The van der Waals surface area contributed by atoms with Gasteiger partial charge in [-0.25, -0.2) is 4.39 Å². The molecule has 0 spiro atoms. The van der Waals surface area contributed by atoms with Crippen LogP contribution in [0.4, 0.5) is 10.1 Å². The predicted molar refractivity (Wildman–Crippen MR) is 90.9 cm³/mol. The second-order valence-electron chi connectivity index (χ2n) is 5.55. The summed E-state index contributed by atoms with van der Waals surface area (Å²) >= 11 is 0. The average molecular weight is 327 g/mol. The van der Waals surface area contributed by atoms with E-state index in [0.717, 1.165) is 5.56 Å². The minimum atomic E-state index is -0.402. The Morgan fingerprint density at radius 3 is 2.50 bits per heavy atom. The van der Waals surface area contributed by atoms with E-state index in [9.17, 15) is 14.3 Å². The zero-order valence-electron chi connectivity index (χ0n) is 13.1. The summed E-state index contributed by atoms with van der Waals surface area (Å²) in [4.78, 5) is 14.1. The summed E-state index contributed by atoms with van der Waals surface area (Å²) in [6, 6.07) is 11.0. The van der Waals surface area contributed by atoms with Crippen molar-refractivity contribution in [2.45, 2.75) is 0 Å². The highest BCUT2D eigenvalue weighted by Crippen LogP contribution is 2.22. The summed E-state index contributed by atoms with van der Waals surface area (Å²) < 4.78 is 19.6. The van der Waals surface area contributed by atoms with Gasteiger partial charge in [0.05, 0.1) is 18.9 Å². The van der Waals surface area contributed by atoms with Crippen molar-refractivity contribution in [2.24, 2.45) is 0 Å². The van der Waals surface area contributed by atoms with Crippen LogP contribution in [-0.4, -0.2) is 37.2 Å². The monoisotopic (exact) mass is 327 g/mol. The molecule has 3 rings (SSSR count). The molecule has 0 unspecified atom stereocenters. The van der Waals surface area contributed by atoms with Crippen LogP contribution < -0.4 is 4.90 Å². The Morgan fingerprint density at radius 1 is 1.12 bits per heavy atom. The molecule has 0 amide bonds. The molecule has 0 aliphatic carbocycles. The number of allylic oxidation sites excluding steroid dienone is 1. The van der Waals surface area contributed by atoms with Gasteiger partial charge in [0.15, 0.2) is 5.78 Å². The number of carbonyl (C=O) groups excluding carboxylic acids is 1. The Hall–Kier alpha value is -2.66. The maximum absolute atomic E-state index is 14.3. The smallest absolute Gasteiger partial charge is 0.185 e. The maximum atomic E-state index is 14.3. The number of ether oxygens (including phenoxy) is 1. The molecule has 0 radical (unpaired) electrons. The van der Waals surface area contributed by atoms with E-state index in [2.05, 4.69) is 0 Å². The number of hydrogen-bond donors (Lipinski definition) is 1. The van der Waals surface area contributed by atoms with Gasteiger partial charge in [0.2, 0.25) is 0 Å². The lowest BCUT2D eigenvalue weighted by molar-refractivity contribution is 0.104. The highest BCUT2D eigenvalue weighted by Gasteiger charge is 2.16. The zero-order chi connectivity index (χ0) is 16.9. The third kappa shape index (κ3) is 3.81. The van der Waals surface area contributed by atoms with Crippen molar-refractivity contribution in [1.82, 2.24) is 0 Å². The summed E-state index contributed by atoms with van der Waals surface area (Å²) in [5.41, 5.74) is 1.59. The minimum absolute atomic E-state index is 0.166. The van der Waals surface area contributed by atoms with E-state index >= 15 is 0 Å². The second-order valence-corrected chi connectivity index (χ2v) is 5.55. The number of phenolic OH excluding ortho intramolecular Hbond substituents is 1. The van der Waals surface area contributed by atoms with Crippen molar-refractivity contribution < 1.29 is 19.0 Å². The van der Waals surface area contributed by atoms with Crippen LogP contribution in [0.5, 0.6) is 5.75 Å². The summed E-state index contributed by atoms with van der Waals surface area (Å²) in [5.74, 6) is -0.504. The molecule has 0 atom stereocenters. The largest absolute Gasteiger partial charge is 0.508 e. The fraction of sp³-hybridized carbons (Fsp3) is 0.211. The van der Waals surface area contributed by atoms with Gasteiger partial charge in [-0.2, -0.15) is 0 Å². The third-order valence-corrected chi connectivity index (χ3v) is 3.90. The van der Waals surface area contributed by atoms with E-state index in [-0.39, 0.29) is 11.5 Å². The van der Waals surface area contributed by atoms with E-state index in [0.29, 0.717) is 37.6 Å². The van der Waals surface area contributed by atoms with Crippen LogP contribution in [0.1, 0.15) is 15.9 Å². The van der Waals surface area contributed by atoms with Gasteiger partial charge in [-0.3, -0.25) is 4.79 Å². The summed E-state index contributed by atoms with van der Waals surface area (Å²) in [6.07, 6.45) is 3.03. The highest BCUT2D eigenvalue weighted by molar-refractivity contribution is 6.07. The normalized spacial score (nSPS) is 15.0. The van der Waals surface area contributed by atoms with Crippen molar-refractivity contribution in [3.05, 3.63) is 65.5 Å². The number of phenols is 1. The molecule has 0 saturated carbocycles. The molecule has 124 valence electrons. The first-order valence-corrected chi connectivity index (χ1v) is 7.77. The number of nitrogens with zero attached hydrogens (tertiary/aromatic N) is 1. The molecule has 2 aromatic carbocycles. The molecule has 24 heavy (non-hydrogen) atoms. The first-order chi connectivity index (χ1) is 11.6. The van der Waals surface area contributed by atoms with E-state index in [1.54, 1.807) is 42.5 Å². The second kappa shape index (κ2) is 7.27. The molecule has 5 heteroatoms. The van der Waals surface area contributed by atoms with Gasteiger partial charge in [0.25, 0.3) is 0 Å². The SMILES string of the molecule is O=C(/C=C/c1ccc(O)cc1)c1ccc(N2CCOCC2)c(F)c1. The number of hydrogen-bond acceptors (Lipinski definition) is 4. The summed E-state index contributed by atoms with van der Waals surface area (Å²) in [6.45, 7) is 2.45. The molecule has 1 aliphatic heterocycles. The molecule has 4 nitrogen and oxygen atoms in total. The number of morpholine rings is 1. The Morgan fingerprint density at radius 2 is 1.83 bits per heavy atom. The van der Waals surface area contributed by atoms with Crippen LogP contribution in [0.25, 0.3) is 6.08 Å². The van der Waals surface area contributed by atoms with Gasteiger partial charge in [-0.15, -0.1) is 0 Å². The Bertz CT molecular complexity index is 750. The molecular formula is C19H18FNO3. The van der Waals surface area contributed by atoms with E-state index in [1.807, 2.05) is 4.90 Å². The fourth-order valence-electron chi connectivity index (χ4n) is 2.57. The van der Waals surface area contributed by atoms with Crippen molar-refractivity contribution in [3.8, 4) is 5.75 Å². The molecule has 2 aromatic rings. The van der Waals surface area contributed by atoms with Gasteiger partial charge in [-0.1, -0.05) is 18.2 Å². The Balaban J connectivity index is 1.73. The molecular weight excluding hydrogens is 309 g/mol. The van der Waals surface area contributed by atoms with Crippen LogP contribution in [0, 0.1) is 5.82 Å². The van der Waals surface area contributed by atoms with Crippen LogP contribution in [0.2, 0.25) is 0 Å². The lowest BCUT2D eigenvalue weighted by atomic mass is 10.1. The molecule has 0 bridgehead atoms. The van der Waals surface area contributed by atoms with Crippen molar-refractivity contribution in [1.29, 1.82) is 0 Å². The summed E-state index contributed by atoms with van der Waals surface area (Å²) in [5, 5.41) is 9.23. The Kier molecular flexibility index (Phi) is 4.91. The lowest BCUT2D eigenvalue weighted by Crippen LogP contribution is -2.36. The van der Waals surface area contributed by atoms with Crippen LogP contribution in [-0.2, 0) is 4.74 Å². The number of ketones is 1. The van der Waals surface area contributed by atoms with Gasteiger partial charge >= 0.3 is 0 Å². The summed E-state index contributed by atoms with van der Waals surface area (Å²) in [7, 11) is 0. The Labute approximate surface area is 139 Å². The number of benzene rings is 2. The average Bonchev–Trinajstić information content (AvgIpc) is 2.61. The van der Waals surface area contributed by atoms with Crippen LogP contribution in [0.3, 0.4) is 0 Å². The molecule has 1 fully saturated rings. The van der Waals surface area contributed by atoms with Gasteiger partial charge in [0, 0.05) is 18.7 Å². The molecule has 1 aliphatic rings. The number of rotatable bonds is 4. The van der Waals surface area contributed by atoms with Crippen LogP contribution >= 0.6 is 0 Å². The third-order valence-electron chi connectivity index (χ3n) is 3.90. The van der Waals surface area contributed by atoms with Gasteiger partial charge in [-0.05, 0) is 42.0 Å². The quantitative estimate of drug-likeness (QED) is 0.692. The van der Waals surface area contributed by atoms with E-state index < -0.39 is 5.82 Å². The number of carbonyl (C=O) groups is 1. The fourth-order valence-corrected chi connectivity index (χ4v) is 2.57. The number of halogens is 1. The van der Waals surface area contributed by atoms with Crippen molar-refractivity contribution in [2.75, 3.05) is 31.2 Å². The van der Waals surface area contributed by atoms with E-state index in [4.69, 9.17) is 4.74 Å². The maximum Gasteiger partial charge on any atom is 0.185 e. The zero-order valence-corrected chi connectivity index (χ0v) is 13.1. The first-order valence-electron chi connectivity index (χ1n) is 7.77. The lowest BCUT2D eigenvalue weighted by Gasteiger charge is -2.29. The number of anilines is 1. The standard InChI is InChI=1S/C19H18FNO3/c20-17-13-15(4-7-18(17)21-9-11-24-12-10-21)19(23)8-3-14-1-5-16(22)6-2-14/h1-8,13,22H,9-12H2/b8-3+. The van der Waals surface area contributed by atoms with E-state index in [1.165, 1.54) is 12.1 Å². The van der Waals surface area contributed by atoms with Gasteiger partial charge < -0.3 is 14.7 Å². The molecule has 0 aromatic heterocycles. The van der Waals surface area contributed by atoms with Crippen LogP contribution in [0.15, 0.2) is 48.5 Å². The van der Waals surface area contributed by atoms with Crippen molar-refractivity contribution >= 4 is 17.5 Å². The highest BCUT2D eigenvalue weighted by atomic mass is 19.1. The van der Waals surface area contributed by atoms with Gasteiger partial charge in [0.1, 0.15) is 11.6 Å². The molecule has 1 N–H and O–H groups in total. The minimum Gasteiger partial charge on any atom is -0.508 e. The van der Waals surface area contributed by atoms with Crippen molar-refractivity contribution in [3.63, 3.8) is 0 Å². The first kappa shape index (κ1) is 16.2. The molecule has 1 saturated heterocycles.